The maximum atomic E-state index is 12.4. The second-order valence-corrected chi connectivity index (χ2v) is 8.21. The lowest BCUT2D eigenvalue weighted by Gasteiger charge is -2.11. The number of H-pyrrole nitrogens is 1. The Bertz CT molecular complexity index is 1220. The normalized spacial score (nSPS) is 10.8. The summed E-state index contributed by atoms with van der Waals surface area (Å²) in [6, 6.07) is 13.8. The van der Waals surface area contributed by atoms with Gasteiger partial charge in [0.05, 0.1) is 25.1 Å². The summed E-state index contributed by atoms with van der Waals surface area (Å²) in [6.45, 7) is 4.39. The number of imidazole rings is 1. The van der Waals surface area contributed by atoms with Crippen LogP contribution in [-0.2, 0) is 11.3 Å². The highest BCUT2D eigenvalue weighted by Crippen LogP contribution is 2.23. The summed E-state index contributed by atoms with van der Waals surface area (Å²) in [4.78, 5) is 21.2. The number of amides is 1. The predicted octanol–water partition coefficient (Wildman–Crippen LogP) is 3.69. The number of carbonyl (C=O) groups is 1. The molecule has 1 amide bonds. The van der Waals surface area contributed by atoms with Crippen molar-refractivity contribution >= 4 is 17.7 Å². The van der Waals surface area contributed by atoms with E-state index in [-0.39, 0.29) is 18.2 Å². The van der Waals surface area contributed by atoms with Gasteiger partial charge in [0.2, 0.25) is 5.91 Å². The van der Waals surface area contributed by atoms with Crippen LogP contribution >= 0.6 is 11.8 Å². The molecule has 0 aliphatic rings. The van der Waals surface area contributed by atoms with Crippen molar-refractivity contribution in [2.45, 2.75) is 25.5 Å². The summed E-state index contributed by atoms with van der Waals surface area (Å²) in [5.74, 6) is 2.08. The van der Waals surface area contributed by atoms with E-state index in [1.165, 1.54) is 17.3 Å². The third-order valence-corrected chi connectivity index (χ3v) is 5.86. The topological polar surface area (TPSA) is 97.7 Å². The molecule has 0 aliphatic carbocycles. The smallest absolute Gasteiger partial charge is 0.230 e. The van der Waals surface area contributed by atoms with Gasteiger partial charge >= 0.3 is 0 Å². The van der Waals surface area contributed by atoms with Crippen LogP contribution in [0.1, 0.15) is 17.0 Å². The fourth-order valence-corrected chi connectivity index (χ4v) is 3.96. The summed E-state index contributed by atoms with van der Waals surface area (Å²) in [5.41, 5.74) is 4.26. The van der Waals surface area contributed by atoms with E-state index in [1.54, 1.807) is 13.3 Å². The lowest BCUT2D eigenvalue weighted by molar-refractivity contribution is -0.118. The molecule has 0 spiro atoms. The Hall–Kier alpha value is -3.59. The van der Waals surface area contributed by atoms with E-state index in [0.29, 0.717) is 11.6 Å². The molecule has 2 aromatic carbocycles. The van der Waals surface area contributed by atoms with Crippen LogP contribution in [0, 0.1) is 13.8 Å². The minimum atomic E-state index is -0.104. The lowest BCUT2D eigenvalue weighted by atomic mass is 10.1. The standard InChI is InChI=1S/C23H24N6O2S/c1-15-4-5-16(2)19(12-15)29-11-10-24-23(29)32-14-21(30)25-13-20-26-22(28-27-20)17-6-8-18(31-3)9-7-17/h4-12H,13-14H2,1-3H3,(H,25,30)(H,26,27,28). The van der Waals surface area contributed by atoms with Gasteiger partial charge in [-0.15, -0.1) is 0 Å². The quantitative estimate of drug-likeness (QED) is 0.399. The molecule has 0 aliphatic heterocycles. The molecule has 164 valence electrons. The van der Waals surface area contributed by atoms with Gasteiger partial charge in [-0.25, -0.2) is 9.97 Å². The molecule has 0 unspecified atom stereocenters. The van der Waals surface area contributed by atoms with Crippen molar-refractivity contribution in [3.8, 4) is 22.8 Å². The minimum Gasteiger partial charge on any atom is -0.497 e. The summed E-state index contributed by atoms with van der Waals surface area (Å²) >= 11 is 1.39. The van der Waals surface area contributed by atoms with Gasteiger partial charge < -0.3 is 10.1 Å². The van der Waals surface area contributed by atoms with Crippen LogP contribution in [0.3, 0.4) is 0 Å². The number of aromatic amines is 1. The zero-order chi connectivity index (χ0) is 22.5. The Labute approximate surface area is 190 Å². The third-order valence-electron chi connectivity index (χ3n) is 4.90. The number of carbonyl (C=O) groups excluding carboxylic acids is 1. The van der Waals surface area contributed by atoms with Crippen LogP contribution < -0.4 is 10.1 Å². The van der Waals surface area contributed by atoms with Crippen molar-refractivity contribution in [1.82, 2.24) is 30.0 Å². The van der Waals surface area contributed by atoms with Gasteiger partial charge in [0.15, 0.2) is 11.0 Å². The summed E-state index contributed by atoms with van der Waals surface area (Å²) < 4.78 is 7.18. The molecule has 0 saturated carbocycles. The maximum Gasteiger partial charge on any atom is 0.230 e. The zero-order valence-electron chi connectivity index (χ0n) is 18.1. The van der Waals surface area contributed by atoms with Crippen LogP contribution in [-0.4, -0.2) is 43.5 Å². The van der Waals surface area contributed by atoms with E-state index in [9.17, 15) is 4.79 Å². The first-order chi connectivity index (χ1) is 15.5. The predicted molar refractivity (Wildman–Crippen MR) is 124 cm³/mol. The maximum absolute atomic E-state index is 12.4. The Balaban J connectivity index is 1.32. The Morgan fingerprint density at radius 1 is 1.19 bits per heavy atom. The summed E-state index contributed by atoms with van der Waals surface area (Å²) in [7, 11) is 1.62. The van der Waals surface area contributed by atoms with Crippen LogP contribution in [0.15, 0.2) is 60.0 Å². The van der Waals surface area contributed by atoms with E-state index >= 15 is 0 Å². The number of hydrogen-bond donors (Lipinski definition) is 2. The number of benzene rings is 2. The van der Waals surface area contributed by atoms with E-state index < -0.39 is 0 Å². The number of ether oxygens (including phenoxy) is 1. The first-order valence-electron chi connectivity index (χ1n) is 10.1. The van der Waals surface area contributed by atoms with Crippen molar-refractivity contribution in [2.24, 2.45) is 0 Å². The highest BCUT2D eigenvalue weighted by molar-refractivity contribution is 7.99. The van der Waals surface area contributed by atoms with E-state index in [1.807, 2.05) is 35.0 Å². The molecular formula is C23H24N6O2S. The van der Waals surface area contributed by atoms with Crippen LogP contribution in [0.4, 0.5) is 0 Å². The first kappa shape index (κ1) is 21.6. The van der Waals surface area contributed by atoms with Crippen molar-refractivity contribution in [3.05, 3.63) is 71.8 Å². The molecule has 0 fully saturated rings. The van der Waals surface area contributed by atoms with Crippen LogP contribution in [0.2, 0.25) is 0 Å². The first-order valence-corrected chi connectivity index (χ1v) is 11.1. The number of aryl methyl sites for hydroxylation is 2. The number of methoxy groups -OCH3 is 1. The van der Waals surface area contributed by atoms with Crippen molar-refractivity contribution in [3.63, 3.8) is 0 Å². The summed E-state index contributed by atoms with van der Waals surface area (Å²) in [6.07, 6.45) is 3.66. The third kappa shape index (κ3) is 5.00. The molecule has 2 heterocycles. The number of aromatic nitrogens is 5. The fraction of sp³-hybridized carbons (Fsp3) is 0.217. The largest absolute Gasteiger partial charge is 0.497 e. The van der Waals surface area contributed by atoms with Gasteiger partial charge in [0.1, 0.15) is 11.6 Å². The van der Waals surface area contributed by atoms with Gasteiger partial charge in [-0.2, -0.15) is 5.10 Å². The SMILES string of the molecule is COc1ccc(-c2n[nH]c(CNC(=O)CSc3nccn3-c3cc(C)ccc3C)n2)cc1. The molecule has 2 N–H and O–H groups in total. The van der Waals surface area contributed by atoms with E-state index in [0.717, 1.165) is 27.7 Å². The number of thioether (sulfide) groups is 1. The fourth-order valence-electron chi connectivity index (χ4n) is 3.17. The Morgan fingerprint density at radius 2 is 2.00 bits per heavy atom. The number of hydrogen-bond acceptors (Lipinski definition) is 6. The van der Waals surface area contributed by atoms with Crippen molar-refractivity contribution < 1.29 is 9.53 Å². The molecule has 32 heavy (non-hydrogen) atoms. The molecule has 4 aromatic rings. The lowest BCUT2D eigenvalue weighted by Crippen LogP contribution is -2.25. The average Bonchev–Trinajstić information content (AvgIpc) is 3.47. The molecule has 0 radical (unpaired) electrons. The summed E-state index contributed by atoms with van der Waals surface area (Å²) in [5, 5.41) is 10.7. The number of nitrogens with one attached hydrogen (secondary N) is 2. The molecule has 0 saturated heterocycles. The van der Waals surface area contributed by atoms with Gasteiger partial charge in [-0.3, -0.25) is 14.5 Å². The molecule has 2 aromatic heterocycles. The van der Waals surface area contributed by atoms with Crippen molar-refractivity contribution in [2.75, 3.05) is 12.9 Å². The van der Waals surface area contributed by atoms with Crippen LogP contribution in [0.5, 0.6) is 5.75 Å². The Morgan fingerprint density at radius 3 is 2.78 bits per heavy atom. The molecule has 0 atom stereocenters. The number of nitrogens with zero attached hydrogens (tertiary/aromatic N) is 4. The molecular weight excluding hydrogens is 424 g/mol. The second-order valence-electron chi connectivity index (χ2n) is 7.27. The highest BCUT2D eigenvalue weighted by Gasteiger charge is 2.12. The van der Waals surface area contributed by atoms with E-state index in [2.05, 4.69) is 57.5 Å². The van der Waals surface area contributed by atoms with Gasteiger partial charge in [-0.1, -0.05) is 23.9 Å². The van der Waals surface area contributed by atoms with Crippen LogP contribution in [0.25, 0.3) is 17.1 Å². The minimum absolute atomic E-state index is 0.104. The monoisotopic (exact) mass is 448 g/mol. The molecule has 0 bridgehead atoms. The number of rotatable bonds is 8. The van der Waals surface area contributed by atoms with Gasteiger partial charge in [-0.05, 0) is 55.3 Å². The zero-order valence-corrected chi connectivity index (χ0v) is 18.9. The molecule has 4 rings (SSSR count). The van der Waals surface area contributed by atoms with E-state index in [4.69, 9.17) is 4.74 Å². The molecule has 8 nitrogen and oxygen atoms in total. The highest BCUT2D eigenvalue weighted by atomic mass is 32.2. The second kappa shape index (κ2) is 9.69. The van der Waals surface area contributed by atoms with Gasteiger partial charge in [0, 0.05) is 18.0 Å². The van der Waals surface area contributed by atoms with Gasteiger partial charge in [0.25, 0.3) is 0 Å². The average molecular weight is 449 g/mol. The Kier molecular flexibility index (Phi) is 6.55. The van der Waals surface area contributed by atoms with Crippen molar-refractivity contribution in [1.29, 1.82) is 0 Å². The molecule has 9 heteroatoms.